The minimum Gasteiger partial charge on any atom is -0.348 e. The summed E-state index contributed by atoms with van der Waals surface area (Å²) in [6, 6.07) is 7.60. The molecular weight excluding hydrogens is 326 g/mol. The summed E-state index contributed by atoms with van der Waals surface area (Å²) in [5.74, 6) is 1.32. The number of amides is 1. The van der Waals surface area contributed by atoms with Gasteiger partial charge in [-0.25, -0.2) is 4.68 Å². The van der Waals surface area contributed by atoms with Crippen molar-refractivity contribution in [3.05, 3.63) is 40.3 Å². The summed E-state index contributed by atoms with van der Waals surface area (Å²) in [7, 11) is 0. The Balaban J connectivity index is 1.65. The maximum Gasteiger partial charge on any atom is 0.274 e. The third kappa shape index (κ3) is 3.27. The van der Waals surface area contributed by atoms with Crippen LogP contribution in [0.1, 0.15) is 62.4 Å². The van der Waals surface area contributed by atoms with E-state index in [4.69, 9.17) is 0 Å². The number of benzene rings is 1. The fraction of sp³-hybridized carbons (Fsp3) is 0.571. The van der Waals surface area contributed by atoms with E-state index in [1.165, 1.54) is 23.9 Å². The number of hydrogen-bond donors (Lipinski definition) is 1. The van der Waals surface area contributed by atoms with Crippen LogP contribution < -0.4 is 10.9 Å². The van der Waals surface area contributed by atoms with Crippen molar-refractivity contribution in [3.63, 3.8) is 0 Å². The smallest absolute Gasteiger partial charge is 0.274 e. The van der Waals surface area contributed by atoms with Gasteiger partial charge in [-0.2, -0.15) is 5.10 Å². The van der Waals surface area contributed by atoms with Gasteiger partial charge in [-0.05, 0) is 37.2 Å². The zero-order valence-electron chi connectivity index (χ0n) is 15.4. The van der Waals surface area contributed by atoms with Crippen molar-refractivity contribution >= 4 is 16.7 Å². The van der Waals surface area contributed by atoms with Crippen LogP contribution >= 0.6 is 0 Å². The summed E-state index contributed by atoms with van der Waals surface area (Å²) < 4.78 is 1.48. The van der Waals surface area contributed by atoms with Gasteiger partial charge in [-0.3, -0.25) is 9.59 Å². The summed E-state index contributed by atoms with van der Waals surface area (Å²) >= 11 is 0. The zero-order valence-corrected chi connectivity index (χ0v) is 15.4. The molecule has 0 saturated heterocycles. The van der Waals surface area contributed by atoms with Gasteiger partial charge in [0, 0.05) is 18.0 Å². The molecule has 0 unspecified atom stereocenters. The van der Waals surface area contributed by atoms with Gasteiger partial charge in [-0.15, -0.1) is 0 Å². The molecule has 5 nitrogen and oxygen atoms in total. The molecule has 138 valence electrons. The highest BCUT2D eigenvalue weighted by Gasteiger charge is 2.45. The second-order valence-corrected chi connectivity index (χ2v) is 7.80. The third-order valence-electron chi connectivity index (χ3n) is 5.96. The summed E-state index contributed by atoms with van der Waals surface area (Å²) in [5.41, 5.74) is 0.285. The maximum atomic E-state index is 13.0. The summed E-state index contributed by atoms with van der Waals surface area (Å²) in [6.45, 7) is 2.69. The Morgan fingerprint density at radius 3 is 2.85 bits per heavy atom. The Morgan fingerprint density at radius 1 is 1.23 bits per heavy atom. The SMILES string of the molecule is CCCCCn1nc(C(=O)N[C@@H]2CCC[C@H]3C[C@H]32)c2ccccc2c1=O. The van der Waals surface area contributed by atoms with Gasteiger partial charge < -0.3 is 5.32 Å². The average Bonchev–Trinajstić information content (AvgIpc) is 3.44. The van der Waals surface area contributed by atoms with Gasteiger partial charge in [0.1, 0.15) is 0 Å². The molecule has 0 spiro atoms. The van der Waals surface area contributed by atoms with Crippen molar-refractivity contribution in [3.8, 4) is 0 Å². The number of aromatic nitrogens is 2. The Morgan fingerprint density at radius 2 is 2.04 bits per heavy atom. The lowest BCUT2D eigenvalue weighted by molar-refractivity contribution is 0.0918. The highest BCUT2D eigenvalue weighted by Crippen LogP contribution is 2.49. The Kier molecular flexibility index (Phi) is 4.79. The van der Waals surface area contributed by atoms with E-state index < -0.39 is 0 Å². The van der Waals surface area contributed by atoms with Gasteiger partial charge in [0.25, 0.3) is 11.5 Å². The number of unbranched alkanes of at least 4 members (excludes halogenated alkanes) is 2. The van der Waals surface area contributed by atoms with Crippen LogP contribution in [0.3, 0.4) is 0 Å². The van der Waals surface area contributed by atoms with Crippen LogP contribution in [-0.2, 0) is 6.54 Å². The minimum atomic E-state index is -0.136. The van der Waals surface area contributed by atoms with Crippen LogP contribution in [-0.4, -0.2) is 21.7 Å². The van der Waals surface area contributed by atoms with Crippen LogP contribution in [0.5, 0.6) is 0 Å². The summed E-state index contributed by atoms with van der Waals surface area (Å²) in [4.78, 5) is 25.7. The first-order valence-corrected chi connectivity index (χ1v) is 9.99. The van der Waals surface area contributed by atoms with E-state index in [9.17, 15) is 9.59 Å². The van der Waals surface area contributed by atoms with E-state index in [1.807, 2.05) is 18.2 Å². The monoisotopic (exact) mass is 353 g/mol. The first-order chi connectivity index (χ1) is 12.7. The molecule has 26 heavy (non-hydrogen) atoms. The van der Waals surface area contributed by atoms with Gasteiger partial charge in [0.15, 0.2) is 5.69 Å². The van der Waals surface area contributed by atoms with E-state index in [-0.39, 0.29) is 17.5 Å². The van der Waals surface area contributed by atoms with Crippen LogP contribution in [0.4, 0.5) is 0 Å². The number of carbonyl (C=O) groups excluding carboxylic acids is 1. The predicted molar refractivity (Wildman–Crippen MR) is 102 cm³/mol. The standard InChI is InChI=1S/C21H27N3O2/c1-2-3-6-12-24-21(26)16-10-5-4-9-15(16)19(23-24)20(25)22-18-11-7-8-14-13-17(14)18/h4-5,9-10,14,17-18H,2-3,6-8,11-13H2,1H3,(H,22,25)/t14-,17+,18+/m0/s1. The molecule has 2 aromatic rings. The number of nitrogens with one attached hydrogen (secondary N) is 1. The van der Waals surface area contributed by atoms with E-state index in [1.54, 1.807) is 6.07 Å². The maximum absolute atomic E-state index is 13.0. The minimum absolute atomic E-state index is 0.104. The predicted octanol–water partition coefficient (Wildman–Crippen LogP) is 3.51. The number of fused-ring (bicyclic) bond motifs is 2. The van der Waals surface area contributed by atoms with Crippen molar-refractivity contribution in [1.29, 1.82) is 0 Å². The van der Waals surface area contributed by atoms with Crippen LogP contribution in [0.15, 0.2) is 29.1 Å². The topological polar surface area (TPSA) is 64.0 Å². The highest BCUT2D eigenvalue weighted by atomic mass is 16.2. The molecule has 1 N–H and O–H groups in total. The Hall–Kier alpha value is -2.17. The normalized spacial score (nSPS) is 24.3. The average molecular weight is 353 g/mol. The lowest BCUT2D eigenvalue weighted by atomic mass is 9.95. The number of nitrogens with zero attached hydrogens (tertiary/aromatic N) is 2. The second kappa shape index (κ2) is 7.22. The number of aryl methyl sites for hydroxylation is 1. The molecule has 5 heteroatoms. The van der Waals surface area contributed by atoms with Crippen molar-refractivity contribution in [2.45, 2.75) is 64.5 Å². The van der Waals surface area contributed by atoms with E-state index in [2.05, 4.69) is 17.3 Å². The quantitative estimate of drug-likeness (QED) is 0.808. The van der Waals surface area contributed by atoms with Gasteiger partial charge >= 0.3 is 0 Å². The molecule has 2 aliphatic carbocycles. The molecule has 1 aromatic heterocycles. The van der Waals surface area contributed by atoms with E-state index >= 15 is 0 Å². The Bertz CT molecular complexity index is 873. The van der Waals surface area contributed by atoms with Crippen LogP contribution in [0.2, 0.25) is 0 Å². The molecule has 0 aliphatic heterocycles. The Labute approximate surface area is 153 Å². The molecule has 1 aromatic carbocycles. The molecule has 0 radical (unpaired) electrons. The largest absolute Gasteiger partial charge is 0.348 e. The first-order valence-electron chi connectivity index (χ1n) is 9.99. The molecule has 4 rings (SSSR count). The lowest BCUT2D eigenvalue weighted by Crippen LogP contribution is -2.39. The molecule has 2 aliphatic rings. The van der Waals surface area contributed by atoms with E-state index in [0.717, 1.165) is 31.6 Å². The van der Waals surface area contributed by atoms with Crippen LogP contribution in [0, 0.1) is 11.8 Å². The fourth-order valence-electron chi connectivity index (χ4n) is 4.39. The zero-order chi connectivity index (χ0) is 18.1. The molecule has 2 saturated carbocycles. The van der Waals surface area contributed by atoms with Crippen molar-refractivity contribution in [2.24, 2.45) is 11.8 Å². The second-order valence-electron chi connectivity index (χ2n) is 7.80. The highest BCUT2D eigenvalue weighted by molar-refractivity contribution is 6.04. The molecule has 0 bridgehead atoms. The molecule has 1 amide bonds. The summed E-state index contributed by atoms with van der Waals surface area (Å²) in [5, 5.41) is 8.92. The molecule has 2 fully saturated rings. The number of hydrogen-bond acceptors (Lipinski definition) is 3. The fourth-order valence-corrected chi connectivity index (χ4v) is 4.39. The molecule has 1 heterocycles. The van der Waals surface area contributed by atoms with Gasteiger partial charge in [0.2, 0.25) is 0 Å². The van der Waals surface area contributed by atoms with Gasteiger partial charge in [-0.1, -0.05) is 50.8 Å². The summed E-state index contributed by atoms with van der Waals surface area (Å²) in [6.07, 6.45) is 7.83. The lowest BCUT2D eigenvalue weighted by Gasteiger charge is -2.22. The van der Waals surface area contributed by atoms with Crippen molar-refractivity contribution in [1.82, 2.24) is 15.1 Å². The first kappa shape index (κ1) is 17.3. The van der Waals surface area contributed by atoms with E-state index in [0.29, 0.717) is 28.9 Å². The third-order valence-corrected chi connectivity index (χ3v) is 5.96. The number of rotatable bonds is 6. The molecule has 3 atom stereocenters. The van der Waals surface area contributed by atoms with Crippen molar-refractivity contribution < 1.29 is 4.79 Å². The number of carbonyl (C=O) groups is 1. The van der Waals surface area contributed by atoms with Crippen molar-refractivity contribution in [2.75, 3.05) is 0 Å². The molecular formula is C21H27N3O2. The van der Waals surface area contributed by atoms with Crippen LogP contribution in [0.25, 0.3) is 10.8 Å². The van der Waals surface area contributed by atoms with Gasteiger partial charge in [0.05, 0.1) is 5.39 Å².